The van der Waals surface area contributed by atoms with Crippen LogP contribution in [0.15, 0.2) is 24.3 Å². The van der Waals surface area contributed by atoms with E-state index < -0.39 is 12.6 Å². The first kappa shape index (κ1) is 9.51. The maximum absolute atomic E-state index is 11.7. The molecule has 0 saturated carbocycles. The van der Waals surface area contributed by atoms with Crippen molar-refractivity contribution >= 4 is 5.91 Å². The number of carbonyl (C=O) groups is 1. The normalized spacial score (nSPS) is 9.62. The lowest BCUT2D eigenvalue weighted by Gasteiger charge is -2.02. The number of halogens is 1. The van der Waals surface area contributed by atoms with E-state index in [4.69, 9.17) is 5.11 Å². The Hall–Kier alpha value is -1.58. The summed E-state index contributed by atoms with van der Waals surface area (Å²) in [6.45, 7) is -0.721. The smallest absolute Gasteiger partial charge is 0.251 e. The number of aromatic hydroxyl groups is 1. The monoisotopic (exact) mass is 183 g/mol. The van der Waals surface area contributed by atoms with E-state index in [0.717, 1.165) is 5.56 Å². The van der Waals surface area contributed by atoms with Gasteiger partial charge in [0.05, 0.1) is 0 Å². The van der Waals surface area contributed by atoms with Gasteiger partial charge in [0.2, 0.25) is 0 Å². The van der Waals surface area contributed by atoms with Crippen LogP contribution in [0.5, 0.6) is 5.75 Å². The van der Waals surface area contributed by atoms with Crippen molar-refractivity contribution in [1.29, 1.82) is 0 Å². The minimum Gasteiger partial charge on any atom is -0.508 e. The van der Waals surface area contributed by atoms with Gasteiger partial charge in [0.15, 0.2) is 6.67 Å². The number of benzene rings is 1. The lowest BCUT2D eigenvalue weighted by Crippen LogP contribution is -2.23. The molecule has 4 heteroatoms. The van der Waals surface area contributed by atoms with Crippen LogP contribution in [0.25, 0.3) is 0 Å². The lowest BCUT2D eigenvalue weighted by atomic mass is 10.2. The van der Waals surface area contributed by atoms with E-state index in [-0.39, 0.29) is 12.3 Å². The number of phenols is 1. The summed E-state index contributed by atoms with van der Waals surface area (Å²) in [6.07, 6.45) is 0. The maximum Gasteiger partial charge on any atom is 0.251 e. The molecule has 0 spiro atoms. The molecule has 0 saturated heterocycles. The van der Waals surface area contributed by atoms with Crippen LogP contribution < -0.4 is 5.32 Å². The highest BCUT2D eigenvalue weighted by molar-refractivity contribution is 5.76. The fraction of sp³-hybridized carbons (Fsp3) is 0.222. The summed E-state index contributed by atoms with van der Waals surface area (Å²) in [5.74, 6) is -0.464. The molecule has 1 aromatic carbocycles. The van der Waals surface area contributed by atoms with Crippen LogP contribution in [-0.2, 0) is 11.3 Å². The third kappa shape index (κ3) is 3.11. The molecule has 0 atom stereocenters. The highest BCUT2D eigenvalue weighted by Crippen LogP contribution is 2.08. The summed E-state index contributed by atoms with van der Waals surface area (Å²) in [6, 6.07) is 6.34. The predicted octanol–water partition coefficient (Wildman–Crippen LogP) is 0.978. The van der Waals surface area contributed by atoms with Crippen molar-refractivity contribution in [2.24, 2.45) is 0 Å². The number of phenolic OH excluding ortho intramolecular Hbond substituents is 1. The summed E-state index contributed by atoms with van der Waals surface area (Å²) in [5, 5.41) is 11.3. The van der Waals surface area contributed by atoms with E-state index in [9.17, 15) is 9.18 Å². The standard InChI is InChI=1S/C9H10FNO2/c10-5-9(13)11-6-7-1-3-8(12)4-2-7/h1-4,12H,5-6H2,(H,11,13). The van der Waals surface area contributed by atoms with Crippen molar-refractivity contribution in [3.05, 3.63) is 29.8 Å². The SMILES string of the molecule is O=C(CF)NCc1ccc(O)cc1. The van der Waals surface area contributed by atoms with Gasteiger partial charge in [-0.1, -0.05) is 12.1 Å². The molecule has 0 radical (unpaired) electrons. The van der Waals surface area contributed by atoms with Crippen LogP contribution in [0.4, 0.5) is 4.39 Å². The van der Waals surface area contributed by atoms with Crippen molar-refractivity contribution in [2.75, 3.05) is 6.67 Å². The Morgan fingerprint density at radius 1 is 1.38 bits per heavy atom. The summed E-state index contributed by atoms with van der Waals surface area (Å²) in [4.78, 5) is 10.5. The quantitative estimate of drug-likeness (QED) is 0.733. The molecule has 13 heavy (non-hydrogen) atoms. The van der Waals surface area contributed by atoms with Crippen LogP contribution in [0.3, 0.4) is 0 Å². The molecular weight excluding hydrogens is 173 g/mol. The molecule has 0 aliphatic rings. The van der Waals surface area contributed by atoms with Crippen LogP contribution >= 0.6 is 0 Å². The van der Waals surface area contributed by atoms with Crippen LogP contribution in [0.1, 0.15) is 5.56 Å². The van der Waals surface area contributed by atoms with Gasteiger partial charge in [-0.25, -0.2) is 4.39 Å². The first-order valence-electron chi connectivity index (χ1n) is 3.83. The number of hydrogen-bond acceptors (Lipinski definition) is 2. The van der Waals surface area contributed by atoms with Crippen LogP contribution in [0.2, 0.25) is 0 Å². The first-order chi connectivity index (χ1) is 6.22. The minimum absolute atomic E-state index is 0.167. The summed E-state index contributed by atoms with van der Waals surface area (Å²) in [7, 11) is 0. The molecule has 0 aromatic heterocycles. The van der Waals surface area contributed by atoms with Crippen molar-refractivity contribution in [3.63, 3.8) is 0 Å². The Balaban J connectivity index is 2.46. The Labute approximate surface area is 75.2 Å². The number of nitrogens with one attached hydrogen (secondary N) is 1. The minimum atomic E-state index is -1.00. The zero-order chi connectivity index (χ0) is 9.68. The Morgan fingerprint density at radius 3 is 2.54 bits per heavy atom. The second-order valence-corrected chi connectivity index (χ2v) is 2.58. The largest absolute Gasteiger partial charge is 0.508 e. The van der Waals surface area contributed by atoms with Crippen molar-refractivity contribution in [1.82, 2.24) is 5.32 Å². The number of rotatable bonds is 3. The van der Waals surface area contributed by atoms with Gasteiger partial charge in [0, 0.05) is 6.54 Å². The topological polar surface area (TPSA) is 49.3 Å². The molecule has 0 bridgehead atoms. The molecule has 0 heterocycles. The van der Waals surface area contributed by atoms with Gasteiger partial charge in [-0.15, -0.1) is 0 Å². The molecule has 0 unspecified atom stereocenters. The highest BCUT2D eigenvalue weighted by Gasteiger charge is 1.98. The first-order valence-corrected chi connectivity index (χ1v) is 3.83. The maximum atomic E-state index is 11.7. The molecule has 1 aromatic rings. The molecule has 0 aliphatic carbocycles. The molecular formula is C9H10FNO2. The van der Waals surface area contributed by atoms with Gasteiger partial charge in [-0.05, 0) is 17.7 Å². The van der Waals surface area contributed by atoms with Crippen molar-refractivity contribution < 1.29 is 14.3 Å². The van der Waals surface area contributed by atoms with E-state index in [1.54, 1.807) is 12.1 Å². The summed E-state index contributed by atoms with van der Waals surface area (Å²) in [5.41, 5.74) is 0.819. The molecule has 1 amide bonds. The molecule has 0 fully saturated rings. The van der Waals surface area contributed by atoms with E-state index in [0.29, 0.717) is 0 Å². The van der Waals surface area contributed by atoms with Gasteiger partial charge in [0.1, 0.15) is 5.75 Å². The number of amides is 1. The third-order valence-electron chi connectivity index (χ3n) is 1.55. The van der Waals surface area contributed by atoms with Crippen LogP contribution in [0, 0.1) is 0 Å². The van der Waals surface area contributed by atoms with Gasteiger partial charge in [-0.2, -0.15) is 0 Å². The predicted molar refractivity (Wildman–Crippen MR) is 45.9 cm³/mol. The molecule has 70 valence electrons. The Morgan fingerprint density at radius 2 is 2.00 bits per heavy atom. The molecule has 2 N–H and O–H groups in total. The average molecular weight is 183 g/mol. The third-order valence-corrected chi connectivity index (χ3v) is 1.55. The van der Waals surface area contributed by atoms with Gasteiger partial charge in [0.25, 0.3) is 5.91 Å². The number of hydrogen-bond donors (Lipinski definition) is 2. The van der Waals surface area contributed by atoms with E-state index in [1.165, 1.54) is 12.1 Å². The average Bonchev–Trinajstić information content (AvgIpc) is 2.16. The van der Waals surface area contributed by atoms with E-state index in [1.807, 2.05) is 0 Å². The number of carbonyl (C=O) groups excluding carboxylic acids is 1. The molecule has 3 nitrogen and oxygen atoms in total. The van der Waals surface area contributed by atoms with Gasteiger partial charge < -0.3 is 10.4 Å². The summed E-state index contributed by atoms with van der Waals surface area (Å²) >= 11 is 0. The lowest BCUT2D eigenvalue weighted by molar-refractivity contribution is -0.122. The summed E-state index contributed by atoms with van der Waals surface area (Å²) < 4.78 is 11.7. The van der Waals surface area contributed by atoms with Crippen LogP contribution in [-0.4, -0.2) is 17.7 Å². The van der Waals surface area contributed by atoms with Gasteiger partial charge >= 0.3 is 0 Å². The second kappa shape index (κ2) is 4.45. The van der Waals surface area contributed by atoms with Crippen molar-refractivity contribution in [3.8, 4) is 5.75 Å². The van der Waals surface area contributed by atoms with E-state index in [2.05, 4.69) is 5.32 Å². The van der Waals surface area contributed by atoms with E-state index >= 15 is 0 Å². The number of alkyl halides is 1. The Bertz CT molecular complexity index is 284. The molecule has 0 aliphatic heterocycles. The zero-order valence-electron chi connectivity index (χ0n) is 6.96. The fourth-order valence-electron chi connectivity index (χ4n) is 0.862. The Kier molecular flexibility index (Phi) is 3.25. The van der Waals surface area contributed by atoms with Gasteiger partial charge in [-0.3, -0.25) is 4.79 Å². The fourth-order valence-corrected chi connectivity index (χ4v) is 0.862. The highest BCUT2D eigenvalue weighted by atomic mass is 19.1. The van der Waals surface area contributed by atoms with Crippen molar-refractivity contribution in [2.45, 2.75) is 6.54 Å². The zero-order valence-corrected chi connectivity index (χ0v) is 6.96. The second-order valence-electron chi connectivity index (χ2n) is 2.58. The molecule has 1 rings (SSSR count).